The quantitative estimate of drug-likeness (QED) is 0.617. The van der Waals surface area contributed by atoms with Crippen LogP contribution in [0.2, 0.25) is 19.6 Å². The molecular weight excluding hydrogens is 304 g/mol. The van der Waals surface area contributed by atoms with Crippen molar-refractivity contribution in [3.8, 4) is 0 Å². The van der Waals surface area contributed by atoms with Gasteiger partial charge in [0.15, 0.2) is 8.24 Å². The van der Waals surface area contributed by atoms with Crippen molar-refractivity contribution in [2.45, 2.75) is 63.8 Å². The van der Waals surface area contributed by atoms with Crippen LogP contribution in [-0.2, 0) is 4.79 Å². The van der Waals surface area contributed by atoms with Gasteiger partial charge in [-0.15, -0.1) is 0 Å². The van der Waals surface area contributed by atoms with Crippen LogP contribution in [0.5, 0.6) is 0 Å². The largest absolute Gasteiger partial charge is 0.319 e. The van der Waals surface area contributed by atoms with Crippen LogP contribution in [-0.4, -0.2) is 35.7 Å². The van der Waals surface area contributed by atoms with Gasteiger partial charge in [-0.25, -0.2) is 4.79 Å². The number of rotatable bonds is 3. The number of carbonyl (C=O) groups excluding carboxylic acids is 2. The molecule has 1 saturated heterocycles. The first-order valence-corrected chi connectivity index (χ1v) is 12.1. The van der Waals surface area contributed by atoms with Crippen molar-refractivity contribution in [2.24, 2.45) is 0 Å². The lowest BCUT2D eigenvalue weighted by Crippen LogP contribution is -2.51. The van der Waals surface area contributed by atoms with Crippen LogP contribution in [0.25, 0.3) is 0 Å². The van der Waals surface area contributed by atoms with Gasteiger partial charge < -0.3 is 4.90 Å². The lowest BCUT2D eigenvalue weighted by atomic mass is 9.92. The normalized spacial score (nSPS) is 23.7. The van der Waals surface area contributed by atoms with E-state index in [0.29, 0.717) is 0 Å². The molecule has 1 aliphatic heterocycles. The fraction of sp³-hybridized carbons (Fsp3) is 0.556. The molecule has 0 bridgehead atoms. The van der Waals surface area contributed by atoms with Crippen LogP contribution in [0.4, 0.5) is 4.79 Å². The summed E-state index contributed by atoms with van der Waals surface area (Å²) in [6, 6.07) is 9.50. The molecule has 3 amide bonds. The van der Waals surface area contributed by atoms with Crippen LogP contribution in [0.15, 0.2) is 30.3 Å². The molecule has 3 rings (SSSR count). The molecule has 1 saturated carbocycles. The molecule has 2 aliphatic rings. The molecule has 1 aromatic rings. The standard InChI is InChI=1S/C18H26N2O2Si/c1-23(2,3)20-17(21)16(14-10-6-4-7-11-14)19(18(20)22)15-12-8-5-9-13-15/h4,6-7,10-11,15-16H,5,8-9,12-13H2,1-3H3. The van der Waals surface area contributed by atoms with E-state index in [0.717, 1.165) is 31.2 Å². The predicted octanol–water partition coefficient (Wildman–Crippen LogP) is 4.16. The molecule has 0 spiro atoms. The van der Waals surface area contributed by atoms with Gasteiger partial charge in [-0.05, 0) is 18.4 Å². The summed E-state index contributed by atoms with van der Waals surface area (Å²) in [4.78, 5) is 28.1. The molecule has 0 N–H and O–H groups in total. The summed E-state index contributed by atoms with van der Waals surface area (Å²) in [7, 11) is -2.04. The predicted molar refractivity (Wildman–Crippen MR) is 93.5 cm³/mol. The van der Waals surface area contributed by atoms with Gasteiger partial charge in [-0.3, -0.25) is 9.36 Å². The van der Waals surface area contributed by atoms with Gasteiger partial charge >= 0.3 is 6.03 Å². The number of nitrogens with zero attached hydrogens (tertiary/aromatic N) is 2. The third-order valence-electron chi connectivity index (χ3n) is 4.90. The summed E-state index contributed by atoms with van der Waals surface area (Å²) < 4.78 is 1.60. The molecule has 0 aromatic heterocycles. The number of hydrogen-bond donors (Lipinski definition) is 0. The Morgan fingerprint density at radius 2 is 1.57 bits per heavy atom. The van der Waals surface area contributed by atoms with E-state index in [1.54, 1.807) is 4.57 Å². The zero-order chi connectivity index (χ0) is 16.6. The van der Waals surface area contributed by atoms with E-state index in [4.69, 9.17) is 0 Å². The zero-order valence-corrected chi connectivity index (χ0v) is 15.3. The van der Waals surface area contributed by atoms with Crippen LogP contribution >= 0.6 is 0 Å². The van der Waals surface area contributed by atoms with Crippen molar-refractivity contribution in [3.05, 3.63) is 35.9 Å². The fourth-order valence-corrected chi connectivity index (χ4v) is 5.32. The van der Waals surface area contributed by atoms with Gasteiger partial charge in [0.1, 0.15) is 6.04 Å². The monoisotopic (exact) mass is 330 g/mol. The minimum absolute atomic E-state index is 0.0223. The molecule has 124 valence electrons. The average molecular weight is 331 g/mol. The van der Waals surface area contributed by atoms with E-state index in [1.165, 1.54) is 6.42 Å². The van der Waals surface area contributed by atoms with Crippen LogP contribution in [0, 0.1) is 0 Å². The number of carbonyl (C=O) groups is 2. The zero-order valence-electron chi connectivity index (χ0n) is 14.3. The second-order valence-electron chi connectivity index (χ2n) is 7.64. The highest BCUT2D eigenvalue weighted by Gasteiger charge is 2.52. The molecule has 0 radical (unpaired) electrons. The topological polar surface area (TPSA) is 40.6 Å². The summed E-state index contributed by atoms with van der Waals surface area (Å²) in [5, 5.41) is 0. The number of hydrogen-bond acceptors (Lipinski definition) is 2. The Hall–Kier alpha value is -1.62. The van der Waals surface area contributed by atoms with Gasteiger partial charge in [0.05, 0.1) is 0 Å². The molecule has 2 fully saturated rings. The number of imide groups is 1. The van der Waals surface area contributed by atoms with Crippen molar-refractivity contribution in [1.29, 1.82) is 0 Å². The number of benzene rings is 1. The first kappa shape index (κ1) is 16.2. The van der Waals surface area contributed by atoms with E-state index in [1.807, 2.05) is 35.2 Å². The van der Waals surface area contributed by atoms with E-state index in [-0.39, 0.29) is 18.0 Å². The maximum absolute atomic E-state index is 13.1. The SMILES string of the molecule is C[Si](C)(C)N1C(=O)C(c2ccccc2)N(C2CCCCC2)C1=O. The van der Waals surface area contributed by atoms with E-state index >= 15 is 0 Å². The summed E-state index contributed by atoms with van der Waals surface area (Å²) >= 11 is 0. The van der Waals surface area contributed by atoms with Gasteiger partial charge in [-0.1, -0.05) is 69.2 Å². The first-order chi connectivity index (χ1) is 10.9. The Bertz CT molecular complexity index is 591. The maximum atomic E-state index is 13.1. The molecule has 5 heteroatoms. The van der Waals surface area contributed by atoms with Crippen LogP contribution in [0.3, 0.4) is 0 Å². The second-order valence-corrected chi connectivity index (χ2v) is 12.4. The van der Waals surface area contributed by atoms with Crippen molar-refractivity contribution in [2.75, 3.05) is 0 Å². The lowest BCUT2D eigenvalue weighted by Gasteiger charge is -2.34. The Morgan fingerprint density at radius 1 is 0.957 bits per heavy atom. The molecule has 4 nitrogen and oxygen atoms in total. The maximum Gasteiger partial charge on any atom is 0.319 e. The van der Waals surface area contributed by atoms with Gasteiger partial charge in [0, 0.05) is 6.04 Å². The van der Waals surface area contributed by atoms with Crippen molar-refractivity contribution < 1.29 is 9.59 Å². The number of urea groups is 1. The minimum Gasteiger partial charge on any atom is -0.306 e. The highest BCUT2D eigenvalue weighted by Crippen LogP contribution is 2.38. The second kappa shape index (κ2) is 6.11. The highest BCUT2D eigenvalue weighted by molar-refractivity contribution is 6.78. The minimum atomic E-state index is -2.04. The summed E-state index contributed by atoms with van der Waals surface area (Å²) in [5.74, 6) is -0.0223. The third-order valence-corrected chi connectivity index (χ3v) is 6.65. The van der Waals surface area contributed by atoms with Crippen LogP contribution in [0.1, 0.15) is 43.7 Å². The number of amides is 3. The van der Waals surface area contributed by atoms with Gasteiger partial charge in [0.25, 0.3) is 0 Å². The average Bonchev–Trinajstić information content (AvgIpc) is 2.79. The molecule has 1 atom stereocenters. The van der Waals surface area contributed by atoms with Crippen molar-refractivity contribution in [1.82, 2.24) is 9.47 Å². The van der Waals surface area contributed by atoms with E-state index in [2.05, 4.69) is 19.6 Å². The Labute approximate surface area is 139 Å². The summed E-state index contributed by atoms with van der Waals surface area (Å²) in [5.41, 5.74) is 0.942. The van der Waals surface area contributed by atoms with E-state index < -0.39 is 14.3 Å². The molecule has 1 aromatic carbocycles. The molecule has 1 aliphatic carbocycles. The van der Waals surface area contributed by atoms with Crippen molar-refractivity contribution >= 4 is 20.2 Å². The summed E-state index contributed by atoms with van der Waals surface area (Å²) in [6.45, 7) is 6.19. The Morgan fingerprint density at radius 3 is 2.13 bits per heavy atom. The van der Waals surface area contributed by atoms with E-state index in [9.17, 15) is 9.59 Å². The highest BCUT2D eigenvalue weighted by atomic mass is 28.3. The Balaban J connectivity index is 2.01. The lowest BCUT2D eigenvalue weighted by molar-refractivity contribution is -0.126. The smallest absolute Gasteiger partial charge is 0.306 e. The third kappa shape index (κ3) is 2.94. The molecule has 1 unspecified atom stereocenters. The van der Waals surface area contributed by atoms with Crippen molar-refractivity contribution in [3.63, 3.8) is 0 Å². The van der Waals surface area contributed by atoms with Gasteiger partial charge in [0.2, 0.25) is 5.91 Å². The molecular formula is C18H26N2O2Si. The fourth-order valence-electron chi connectivity index (χ4n) is 3.84. The first-order valence-electron chi connectivity index (χ1n) is 8.62. The van der Waals surface area contributed by atoms with Crippen LogP contribution < -0.4 is 0 Å². The Kier molecular flexibility index (Phi) is 4.32. The van der Waals surface area contributed by atoms with Gasteiger partial charge in [-0.2, -0.15) is 0 Å². The summed E-state index contributed by atoms with van der Waals surface area (Å²) in [6.07, 6.45) is 5.57. The molecule has 1 heterocycles. The molecule has 23 heavy (non-hydrogen) atoms.